The highest BCUT2D eigenvalue weighted by atomic mass is 16.5. The smallest absolute Gasteiger partial charge is 0.336 e. The predicted octanol–water partition coefficient (Wildman–Crippen LogP) is 5.41. The van der Waals surface area contributed by atoms with Gasteiger partial charge in [-0.2, -0.15) is 0 Å². The molecule has 0 bridgehead atoms. The third-order valence-electron chi connectivity index (χ3n) is 5.62. The summed E-state index contributed by atoms with van der Waals surface area (Å²) in [6.45, 7) is 5.53. The van der Waals surface area contributed by atoms with Crippen molar-refractivity contribution in [2.45, 2.75) is 20.8 Å². The minimum absolute atomic E-state index is 0.164. The average Bonchev–Trinajstić information content (AvgIpc) is 2.81. The van der Waals surface area contributed by atoms with Crippen LogP contribution in [0.1, 0.15) is 16.7 Å². The molecule has 6 nitrogen and oxygen atoms in total. The third-order valence-corrected chi connectivity index (χ3v) is 5.62. The van der Waals surface area contributed by atoms with Crippen LogP contribution in [0.2, 0.25) is 0 Å². The lowest BCUT2D eigenvalue weighted by Gasteiger charge is -2.14. The summed E-state index contributed by atoms with van der Waals surface area (Å²) in [4.78, 5) is 24.8. The Labute approximate surface area is 191 Å². The van der Waals surface area contributed by atoms with Crippen LogP contribution in [0.3, 0.4) is 0 Å². The number of hydrogen-bond donors (Lipinski definition) is 1. The summed E-state index contributed by atoms with van der Waals surface area (Å²) in [5.74, 6) is 0.951. The van der Waals surface area contributed by atoms with Crippen LogP contribution in [0, 0.1) is 20.8 Å². The number of carbonyl (C=O) groups excluding carboxylic acids is 1. The number of methoxy groups -OCH3 is 1. The summed E-state index contributed by atoms with van der Waals surface area (Å²) < 4.78 is 16.5. The van der Waals surface area contributed by atoms with Gasteiger partial charge in [0.05, 0.1) is 7.11 Å². The van der Waals surface area contributed by atoms with Crippen LogP contribution in [0.4, 0.5) is 5.69 Å². The Morgan fingerprint density at radius 1 is 0.970 bits per heavy atom. The second-order valence-corrected chi connectivity index (χ2v) is 7.88. The van der Waals surface area contributed by atoms with Gasteiger partial charge in [-0.1, -0.05) is 30.3 Å². The van der Waals surface area contributed by atoms with Crippen LogP contribution in [0.5, 0.6) is 11.5 Å². The molecule has 33 heavy (non-hydrogen) atoms. The Hall–Kier alpha value is -4.06. The van der Waals surface area contributed by atoms with Crippen molar-refractivity contribution in [3.8, 4) is 22.6 Å². The van der Waals surface area contributed by atoms with E-state index in [0.717, 1.165) is 39.1 Å². The quantitative estimate of drug-likeness (QED) is 0.403. The molecule has 0 unspecified atom stereocenters. The largest absolute Gasteiger partial charge is 0.497 e. The minimum atomic E-state index is -0.457. The zero-order valence-electron chi connectivity index (χ0n) is 19.0. The fourth-order valence-electron chi connectivity index (χ4n) is 3.84. The lowest BCUT2D eigenvalue weighted by molar-refractivity contribution is -0.118. The molecular formula is C27H25NO5. The maximum Gasteiger partial charge on any atom is 0.336 e. The van der Waals surface area contributed by atoms with Crippen molar-refractivity contribution in [3.63, 3.8) is 0 Å². The molecule has 1 amide bonds. The number of benzene rings is 3. The van der Waals surface area contributed by atoms with E-state index in [1.165, 1.54) is 6.07 Å². The second kappa shape index (κ2) is 9.20. The number of amides is 1. The first-order valence-corrected chi connectivity index (χ1v) is 10.6. The molecule has 0 aliphatic heterocycles. The molecule has 6 heteroatoms. The minimum Gasteiger partial charge on any atom is -0.497 e. The van der Waals surface area contributed by atoms with Crippen molar-refractivity contribution in [2.24, 2.45) is 0 Å². The zero-order chi connectivity index (χ0) is 23.5. The third kappa shape index (κ3) is 4.60. The number of rotatable bonds is 6. The molecule has 4 rings (SSSR count). The number of ether oxygens (including phenoxy) is 2. The molecule has 0 atom stereocenters. The van der Waals surface area contributed by atoms with Crippen molar-refractivity contribution in [3.05, 3.63) is 87.8 Å². The average molecular weight is 443 g/mol. The Balaban J connectivity index is 1.60. The first-order chi connectivity index (χ1) is 15.9. The Bertz CT molecular complexity index is 1370. The number of fused-ring (bicyclic) bond motifs is 1. The van der Waals surface area contributed by atoms with E-state index in [-0.39, 0.29) is 12.5 Å². The standard InChI is InChI=1S/C27H25NO5/c1-16-6-5-7-17(2)26(16)28-24(29)15-32-23-13-12-21-22(14-25(30)33-27(21)18(23)3)19-8-10-20(31-4)11-9-19/h5-14H,15H2,1-4H3,(H,28,29). The van der Waals surface area contributed by atoms with Crippen LogP contribution >= 0.6 is 0 Å². The van der Waals surface area contributed by atoms with E-state index < -0.39 is 5.63 Å². The number of carbonyl (C=O) groups is 1. The molecule has 0 fully saturated rings. The van der Waals surface area contributed by atoms with E-state index in [4.69, 9.17) is 13.9 Å². The van der Waals surface area contributed by atoms with E-state index in [1.807, 2.05) is 69.3 Å². The molecule has 1 N–H and O–H groups in total. The van der Waals surface area contributed by atoms with E-state index in [1.54, 1.807) is 13.2 Å². The number of nitrogens with one attached hydrogen (secondary N) is 1. The van der Waals surface area contributed by atoms with Crippen molar-refractivity contribution in [1.29, 1.82) is 0 Å². The fourth-order valence-corrected chi connectivity index (χ4v) is 3.84. The second-order valence-electron chi connectivity index (χ2n) is 7.88. The summed E-state index contributed by atoms with van der Waals surface area (Å²) in [5.41, 5.74) is 5.01. The van der Waals surface area contributed by atoms with E-state index in [0.29, 0.717) is 16.9 Å². The van der Waals surface area contributed by atoms with Crippen LogP contribution in [-0.4, -0.2) is 19.6 Å². The van der Waals surface area contributed by atoms with Gasteiger partial charge in [-0.3, -0.25) is 4.79 Å². The molecule has 1 heterocycles. The van der Waals surface area contributed by atoms with Gasteiger partial charge < -0.3 is 19.2 Å². The van der Waals surface area contributed by atoms with E-state index >= 15 is 0 Å². The number of anilines is 1. The summed E-state index contributed by atoms with van der Waals surface area (Å²) >= 11 is 0. The Morgan fingerprint density at radius 3 is 2.33 bits per heavy atom. The van der Waals surface area contributed by atoms with Crippen LogP contribution in [-0.2, 0) is 4.79 Å². The zero-order valence-corrected chi connectivity index (χ0v) is 19.0. The predicted molar refractivity (Wildman–Crippen MR) is 129 cm³/mol. The van der Waals surface area contributed by atoms with Crippen molar-refractivity contribution < 1.29 is 18.7 Å². The molecule has 0 aliphatic carbocycles. The fraction of sp³-hybridized carbons (Fsp3) is 0.185. The Kier molecular flexibility index (Phi) is 6.18. The summed E-state index contributed by atoms with van der Waals surface area (Å²) in [6.07, 6.45) is 0. The first-order valence-electron chi connectivity index (χ1n) is 10.6. The molecule has 4 aromatic rings. The maximum atomic E-state index is 12.5. The molecule has 1 aromatic heterocycles. The topological polar surface area (TPSA) is 77.8 Å². The van der Waals surface area contributed by atoms with Gasteiger partial charge in [0.1, 0.15) is 17.1 Å². The van der Waals surface area contributed by atoms with Gasteiger partial charge in [0.25, 0.3) is 5.91 Å². The number of hydrogen-bond acceptors (Lipinski definition) is 5. The van der Waals surface area contributed by atoms with Crippen LogP contribution in [0.25, 0.3) is 22.1 Å². The van der Waals surface area contributed by atoms with Gasteiger partial charge in [-0.05, 0) is 67.3 Å². The molecule has 168 valence electrons. The first kappa shape index (κ1) is 22.1. The highest BCUT2D eigenvalue weighted by molar-refractivity contribution is 5.96. The number of aryl methyl sites for hydroxylation is 3. The highest BCUT2D eigenvalue weighted by Crippen LogP contribution is 2.33. The molecule has 3 aromatic carbocycles. The van der Waals surface area contributed by atoms with Gasteiger partial charge in [-0.25, -0.2) is 4.79 Å². The van der Waals surface area contributed by atoms with Gasteiger partial charge in [0, 0.05) is 22.7 Å². The van der Waals surface area contributed by atoms with Gasteiger partial charge in [-0.15, -0.1) is 0 Å². The lowest BCUT2D eigenvalue weighted by Crippen LogP contribution is -2.21. The molecule has 0 saturated carbocycles. The summed E-state index contributed by atoms with van der Waals surface area (Å²) in [7, 11) is 1.61. The molecule has 0 aliphatic rings. The molecule has 0 saturated heterocycles. The molecule has 0 spiro atoms. The van der Waals surface area contributed by atoms with Crippen LogP contribution in [0.15, 0.2) is 69.9 Å². The SMILES string of the molecule is COc1ccc(-c2cc(=O)oc3c(C)c(OCC(=O)Nc4c(C)cccc4C)ccc23)cc1. The van der Waals surface area contributed by atoms with Gasteiger partial charge in [0.15, 0.2) is 6.61 Å². The van der Waals surface area contributed by atoms with Crippen molar-refractivity contribution in [2.75, 3.05) is 19.0 Å². The van der Waals surface area contributed by atoms with E-state index in [9.17, 15) is 9.59 Å². The van der Waals surface area contributed by atoms with Crippen molar-refractivity contribution in [1.82, 2.24) is 0 Å². The van der Waals surface area contributed by atoms with E-state index in [2.05, 4.69) is 5.32 Å². The molecule has 0 radical (unpaired) electrons. The van der Waals surface area contributed by atoms with Crippen molar-refractivity contribution >= 4 is 22.6 Å². The van der Waals surface area contributed by atoms with Crippen LogP contribution < -0.4 is 20.4 Å². The normalized spacial score (nSPS) is 10.8. The highest BCUT2D eigenvalue weighted by Gasteiger charge is 2.15. The lowest BCUT2D eigenvalue weighted by atomic mass is 10.00. The monoisotopic (exact) mass is 443 g/mol. The summed E-state index contributed by atoms with van der Waals surface area (Å²) in [6, 6.07) is 18.4. The van der Waals surface area contributed by atoms with Gasteiger partial charge in [0.2, 0.25) is 0 Å². The van der Waals surface area contributed by atoms with Gasteiger partial charge >= 0.3 is 5.63 Å². The summed E-state index contributed by atoms with van der Waals surface area (Å²) in [5, 5.41) is 3.69. The Morgan fingerprint density at radius 2 is 1.67 bits per heavy atom. The maximum absolute atomic E-state index is 12.5. The molecular weight excluding hydrogens is 418 g/mol. The number of para-hydroxylation sites is 1.